The van der Waals surface area contributed by atoms with Crippen molar-refractivity contribution in [3.8, 4) is 5.75 Å². The molecular weight excluding hydrogens is 386 g/mol. The molecule has 2 N–H and O–H groups in total. The number of aryl methyl sites for hydroxylation is 1. The van der Waals surface area contributed by atoms with Crippen LogP contribution in [0.1, 0.15) is 34.1 Å². The summed E-state index contributed by atoms with van der Waals surface area (Å²) < 4.78 is 38.3. The van der Waals surface area contributed by atoms with Crippen molar-refractivity contribution in [2.24, 2.45) is 0 Å². The summed E-state index contributed by atoms with van der Waals surface area (Å²) in [5, 5.41) is 10.3. The number of rotatable bonds is 8. The number of aliphatic hydroxyl groups excluding tert-OH is 1. The quantitative estimate of drug-likeness (QED) is 0.595. The third-order valence-electron chi connectivity index (χ3n) is 3.96. The van der Waals surface area contributed by atoms with Gasteiger partial charge in [0.05, 0.1) is 17.8 Å². The third-order valence-corrected chi connectivity index (χ3v) is 6.49. The SMILES string of the molecule is CCOc1ccc(S(=O)(=O)NCc2ccc(C(O)c3ccco3)s2)cc1C. The molecule has 0 aliphatic rings. The van der Waals surface area contributed by atoms with Crippen LogP contribution in [0.4, 0.5) is 0 Å². The second kappa shape index (κ2) is 8.26. The molecule has 1 atom stereocenters. The van der Waals surface area contributed by atoms with E-state index in [9.17, 15) is 13.5 Å². The van der Waals surface area contributed by atoms with Crippen molar-refractivity contribution in [1.29, 1.82) is 0 Å². The van der Waals surface area contributed by atoms with Crippen molar-refractivity contribution < 1.29 is 22.7 Å². The Bertz CT molecular complexity index is 993. The molecule has 0 fully saturated rings. The highest BCUT2D eigenvalue weighted by Gasteiger charge is 2.18. The number of sulfonamides is 1. The van der Waals surface area contributed by atoms with Crippen LogP contribution in [0.15, 0.2) is 58.0 Å². The minimum absolute atomic E-state index is 0.143. The van der Waals surface area contributed by atoms with Crippen molar-refractivity contribution in [2.75, 3.05) is 6.61 Å². The lowest BCUT2D eigenvalue weighted by molar-refractivity contribution is 0.193. The Kier molecular flexibility index (Phi) is 6.01. The maximum absolute atomic E-state index is 12.5. The lowest BCUT2D eigenvalue weighted by Gasteiger charge is -2.10. The first kappa shape index (κ1) is 19.6. The first-order valence-electron chi connectivity index (χ1n) is 8.44. The Morgan fingerprint density at radius 2 is 2.07 bits per heavy atom. The van der Waals surface area contributed by atoms with Gasteiger partial charge in [-0.05, 0) is 61.9 Å². The molecular formula is C19H21NO5S2. The van der Waals surface area contributed by atoms with Crippen molar-refractivity contribution in [1.82, 2.24) is 4.72 Å². The Balaban J connectivity index is 1.68. The Hall–Kier alpha value is -2.13. The maximum atomic E-state index is 12.5. The van der Waals surface area contributed by atoms with Crippen molar-refractivity contribution in [3.05, 3.63) is 69.8 Å². The van der Waals surface area contributed by atoms with Crippen molar-refractivity contribution in [3.63, 3.8) is 0 Å². The fourth-order valence-corrected chi connectivity index (χ4v) is 4.71. The molecule has 0 radical (unpaired) electrons. The molecule has 2 heterocycles. The highest BCUT2D eigenvalue weighted by molar-refractivity contribution is 7.89. The molecule has 144 valence electrons. The smallest absolute Gasteiger partial charge is 0.240 e. The second-order valence-electron chi connectivity index (χ2n) is 5.91. The van der Waals surface area contributed by atoms with Gasteiger partial charge in [0, 0.05) is 16.3 Å². The molecule has 0 spiro atoms. The van der Waals surface area contributed by atoms with Crippen molar-refractivity contribution in [2.45, 2.75) is 31.4 Å². The predicted octanol–water partition coefficient (Wildman–Crippen LogP) is 3.61. The minimum Gasteiger partial charge on any atom is -0.494 e. The highest BCUT2D eigenvalue weighted by atomic mass is 32.2. The van der Waals surface area contributed by atoms with Crippen LogP contribution >= 0.6 is 11.3 Å². The van der Waals surface area contributed by atoms with Gasteiger partial charge in [0.2, 0.25) is 10.0 Å². The maximum Gasteiger partial charge on any atom is 0.240 e. The van der Waals surface area contributed by atoms with Gasteiger partial charge in [-0.15, -0.1) is 11.3 Å². The number of hydrogen-bond donors (Lipinski definition) is 2. The van der Waals surface area contributed by atoms with E-state index < -0.39 is 16.1 Å². The van der Waals surface area contributed by atoms with Crippen LogP contribution in [0.3, 0.4) is 0 Å². The van der Waals surface area contributed by atoms with Crippen LogP contribution in [-0.2, 0) is 16.6 Å². The van der Waals surface area contributed by atoms with Crippen LogP contribution < -0.4 is 9.46 Å². The number of benzene rings is 1. The van der Waals surface area contributed by atoms with E-state index in [2.05, 4.69) is 4.72 Å². The summed E-state index contributed by atoms with van der Waals surface area (Å²) in [7, 11) is -3.65. The zero-order valence-electron chi connectivity index (χ0n) is 15.0. The van der Waals surface area contributed by atoms with Gasteiger partial charge >= 0.3 is 0 Å². The molecule has 0 saturated heterocycles. The molecule has 0 saturated carbocycles. The van der Waals surface area contributed by atoms with E-state index in [0.29, 0.717) is 23.0 Å². The van der Waals surface area contributed by atoms with Gasteiger partial charge in [0.25, 0.3) is 0 Å². The Morgan fingerprint density at radius 3 is 2.74 bits per heavy atom. The number of hydrogen-bond acceptors (Lipinski definition) is 6. The van der Waals surface area contributed by atoms with E-state index in [1.807, 2.05) is 13.8 Å². The molecule has 0 bridgehead atoms. The van der Waals surface area contributed by atoms with Gasteiger partial charge in [0.1, 0.15) is 17.6 Å². The number of thiophene rings is 1. The van der Waals surface area contributed by atoms with E-state index in [1.54, 1.807) is 36.4 Å². The van der Waals surface area contributed by atoms with E-state index in [-0.39, 0.29) is 11.4 Å². The lowest BCUT2D eigenvalue weighted by Crippen LogP contribution is -2.22. The summed E-state index contributed by atoms with van der Waals surface area (Å²) >= 11 is 1.33. The van der Waals surface area contributed by atoms with Gasteiger partial charge in [-0.2, -0.15) is 0 Å². The predicted molar refractivity (Wildman–Crippen MR) is 103 cm³/mol. The summed E-state index contributed by atoms with van der Waals surface area (Å²) in [4.78, 5) is 1.67. The number of aliphatic hydroxyl groups is 1. The minimum atomic E-state index is -3.65. The van der Waals surface area contributed by atoms with Gasteiger partial charge < -0.3 is 14.3 Å². The molecule has 0 aliphatic carbocycles. The van der Waals surface area contributed by atoms with Crippen LogP contribution in [0.25, 0.3) is 0 Å². The molecule has 8 heteroatoms. The van der Waals surface area contributed by atoms with Gasteiger partial charge in [-0.1, -0.05) is 0 Å². The highest BCUT2D eigenvalue weighted by Crippen LogP contribution is 2.29. The summed E-state index contributed by atoms with van der Waals surface area (Å²) in [6.45, 7) is 4.36. The van der Waals surface area contributed by atoms with E-state index in [1.165, 1.54) is 23.7 Å². The van der Waals surface area contributed by atoms with Crippen LogP contribution in [0.2, 0.25) is 0 Å². The van der Waals surface area contributed by atoms with Crippen LogP contribution in [0, 0.1) is 6.92 Å². The first-order chi connectivity index (χ1) is 12.9. The molecule has 3 aromatic rings. The summed E-state index contributed by atoms with van der Waals surface area (Å²) in [5.41, 5.74) is 0.764. The number of furan rings is 1. The molecule has 2 aromatic heterocycles. The van der Waals surface area contributed by atoms with E-state index in [4.69, 9.17) is 9.15 Å². The standard InChI is InChI=1S/C19H21NO5S2/c1-3-24-16-8-7-15(11-13(16)2)27(22,23)20-12-14-6-9-18(26-14)19(21)17-5-4-10-25-17/h4-11,19-21H,3,12H2,1-2H3. The summed E-state index contributed by atoms with van der Waals surface area (Å²) in [5.74, 6) is 1.13. The molecule has 27 heavy (non-hydrogen) atoms. The molecule has 3 rings (SSSR count). The Morgan fingerprint density at radius 1 is 1.26 bits per heavy atom. The van der Waals surface area contributed by atoms with Crippen molar-refractivity contribution >= 4 is 21.4 Å². The zero-order valence-corrected chi connectivity index (χ0v) is 16.6. The molecule has 1 aromatic carbocycles. The first-order valence-corrected chi connectivity index (χ1v) is 10.7. The summed E-state index contributed by atoms with van der Waals surface area (Å²) in [6.07, 6.45) is 0.643. The largest absolute Gasteiger partial charge is 0.494 e. The second-order valence-corrected chi connectivity index (χ2v) is 8.87. The number of ether oxygens (including phenoxy) is 1. The van der Waals surface area contributed by atoms with Crippen LogP contribution in [0.5, 0.6) is 5.75 Å². The van der Waals surface area contributed by atoms with Gasteiger partial charge in [-0.3, -0.25) is 0 Å². The van der Waals surface area contributed by atoms with Gasteiger partial charge in [0.15, 0.2) is 0 Å². The topological polar surface area (TPSA) is 88.8 Å². The van der Waals surface area contributed by atoms with Gasteiger partial charge in [-0.25, -0.2) is 13.1 Å². The zero-order chi connectivity index (χ0) is 19.4. The monoisotopic (exact) mass is 407 g/mol. The normalized spacial score (nSPS) is 12.9. The van der Waals surface area contributed by atoms with E-state index >= 15 is 0 Å². The van der Waals surface area contributed by atoms with E-state index in [0.717, 1.165) is 10.4 Å². The lowest BCUT2D eigenvalue weighted by atomic mass is 10.2. The third kappa shape index (κ3) is 4.59. The summed E-state index contributed by atoms with van der Waals surface area (Å²) in [6, 6.07) is 11.7. The average molecular weight is 408 g/mol. The number of nitrogens with one attached hydrogen (secondary N) is 1. The molecule has 6 nitrogen and oxygen atoms in total. The fraction of sp³-hybridized carbons (Fsp3) is 0.263. The Labute approximate surface area is 162 Å². The molecule has 0 aliphatic heterocycles. The molecule has 1 unspecified atom stereocenters. The van der Waals surface area contributed by atoms with Crippen LogP contribution in [-0.4, -0.2) is 20.1 Å². The average Bonchev–Trinajstić information content (AvgIpc) is 3.33. The molecule has 0 amide bonds. The fourth-order valence-electron chi connectivity index (χ4n) is 2.58.